The molecule has 4 rings (SSSR count). The molecule has 0 saturated carbocycles. The highest BCUT2D eigenvalue weighted by Crippen LogP contribution is 2.33. The van der Waals surface area contributed by atoms with Gasteiger partial charge in [0.2, 0.25) is 0 Å². The van der Waals surface area contributed by atoms with Gasteiger partial charge in [0.1, 0.15) is 0 Å². The van der Waals surface area contributed by atoms with Gasteiger partial charge in [-0.2, -0.15) is 0 Å². The van der Waals surface area contributed by atoms with Crippen molar-refractivity contribution in [1.29, 1.82) is 0 Å². The van der Waals surface area contributed by atoms with Crippen LogP contribution in [0, 0.1) is 20.8 Å². The second kappa shape index (κ2) is 10.5. The monoisotopic (exact) mass is 466 g/mol. The van der Waals surface area contributed by atoms with E-state index < -0.39 is 0 Å². The van der Waals surface area contributed by atoms with E-state index in [1.807, 2.05) is 24.4 Å². The Morgan fingerprint density at radius 1 is 0.743 bits per heavy atom. The van der Waals surface area contributed by atoms with Gasteiger partial charge < -0.3 is 9.97 Å². The highest BCUT2D eigenvalue weighted by molar-refractivity contribution is 6.23. The van der Waals surface area contributed by atoms with E-state index in [2.05, 4.69) is 81.6 Å². The molecule has 2 N–H and O–H groups in total. The lowest BCUT2D eigenvalue weighted by molar-refractivity contribution is 1.04. The summed E-state index contributed by atoms with van der Waals surface area (Å²) in [7, 11) is 0. The molecule has 0 saturated heterocycles. The summed E-state index contributed by atoms with van der Waals surface area (Å²) in [6, 6.07) is 6.03. The fourth-order valence-corrected chi connectivity index (χ4v) is 5.18. The van der Waals surface area contributed by atoms with Gasteiger partial charge in [-0.25, -0.2) is 4.99 Å². The van der Waals surface area contributed by atoms with Gasteiger partial charge in [0.25, 0.3) is 0 Å². The molecule has 0 fully saturated rings. The number of nitrogens with zero attached hydrogens (tertiary/aromatic N) is 2. The molecule has 0 aromatic carbocycles. The van der Waals surface area contributed by atoms with Crippen molar-refractivity contribution in [3.63, 3.8) is 0 Å². The molecule has 0 aliphatic carbocycles. The lowest BCUT2D eigenvalue weighted by atomic mass is 9.98. The SMILES string of the molecule is CCC1=C(CC)C(C=c2[nH]/c(=C\c3ccccn3)c(CC)c2CC)=NC1=Cc1[nH]c(C)c(C)c1C. The number of rotatable bonds is 7. The highest BCUT2D eigenvalue weighted by atomic mass is 14.8. The van der Waals surface area contributed by atoms with Crippen molar-refractivity contribution in [2.24, 2.45) is 4.99 Å². The first-order chi connectivity index (χ1) is 16.9. The summed E-state index contributed by atoms with van der Waals surface area (Å²) in [5.41, 5.74) is 13.6. The zero-order chi connectivity index (χ0) is 25.1. The predicted octanol–water partition coefficient (Wildman–Crippen LogP) is 6.01. The molecule has 0 atom stereocenters. The Balaban J connectivity index is 1.88. The van der Waals surface area contributed by atoms with Crippen LogP contribution in [0.5, 0.6) is 0 Å². The quantitative estimate of drug-likeness (QED) is 0.440. The van der Waals surface area contributed by atoms with Crippen LogP contribution in [-0.2, 0) is 12.8 Å². The number of allylic oxidation sites excluding steroid dienone is 2. The van der Waals surface area contributed by atoms with Gasteiger partial charge in [-0.1, -0.05) is 33.8 Å². The number of pyridine rings is 1. The fraction of sp³-hybridized carbons (Fsp3) is 0.355. The van der Waals surface area contributed by atoms with Gasteiger partial charge in [0.15, 0.2) is 0 Å². The molecular formula is C31H38N4. The molecule has 4 heterocycles. The minimum Gasteiger partial charge on any atom is -0.359 e. The van der Waals surface area contributed by atoms with Crippen molar-refractivity contribution in [3.05, 3.63) is 91.3 Å². The van der Waals surface area contributed by atoms with E-state index in [4.69, 9.17) is 4.99 Å². The van der Waals surface area contributed by atoms with Gasteiger partial charge >= 0.3 is 0 Å². The molecule has 1 aliphatic heterocycles. The maximum Gasteiger partial charge on any atom is 0.0693 e. The van der Waals surface area contributed by atoms with E-state index in [1.54, 1.807) is 0 Å². The minimum atomic E-state index is 0.966. The first-order valence-corrected chi connectivity index (χ1v) is 12.9. The Kier molecular flexibility index (Phi) is 7.39. The van der Waals surface area contributed by atoms with E-state index in [-0.39, 0.29) is 0 Å². The van der Waals surface area contributed by atoms with Gasteiger partial charge in [0.05, 0.1) is 17.1 Å². The Labute approximate surface area is 209 Å². The molecule has 0 amide bonds. The van der Waals surface area contributed by atoms with Crippen molar-refractivity contribution in [2.45, 2.75) is 74.1 Å². The summed E-state index contributed by atoms with van der Waals surface area (Å²) in [5, 5.41) is 2.31. The van der Waals surface area contributed by atoms with E-state index in [1.165, 1.54) is 39.1 Å². The minimum absolute atomic E-state index is 0.966. The molecule has 1 aliphatic rings. The van der Waals surface area contributed by atoms with Crippen molar-refractivity contribution >= 4 is 23.9 Å². The lowest BCUT2D eigenvalue weighted by Gasteiger charge is -2.04. The molecule has 182 valence electrons. The Morgan fingerprint density at radius 3 is 1.97 bits per heavy atom. The van der Waals surface area contributed by atoms with Crippen molar-refractivity contribution in [3.8, 4) is 0 Å². The number of aromatic nitrogens is 3. The van der Waals surface area contributed by atoms with E-state index in [0.717, 1.165) is 59.2 Å². The van der Waals surface area contributed by atoms with Crippen LogP contribution in [-0.4, -0.2) is 20.7 Å². The number of aliphatic imine (C=N–C) groups is 1. The summed E-state index contributed by atoms with van der Waals surface area (Å²) < 4.78 is 0. The maximum atomic E-state index is 5.17. The third-order valence-corrected chi connectivity index (χ3v) is 7.31. The van der Waals surface area contributed by atoms with Crippen LogP contribution < -0.4 is 10.7 Å². The number of H-pyrrole nitrogens is 2. The largest absolute Gasteiger partial charge is 0.359 e. The van der Waals surface area contributed by atoms with Crippen LogP contribution in [0.15, 0.2) is 46.2 Å². The standard InChI is InChI=1S/C31H38N4/c1-8-23-24(9-2)30(34-28(23)16-22-14-12-13-15-32-22)18-31-26(11-4)25(10-3)29(35-31)17-27-20(6)19(5)21(7)33-27/h12-18,33-34H,8-11H2,1-7H3/b28-16-,29-17?,30-18?. The van der Waals surface area contributed by atoms with Crippen LogP contribution in [0.4, 0.5) is 0 Å². The summed E-state index contributed by atoms with van der Waals surface area (Å²) >= 11 is 0. The van der Waals surface area contributed by atoms with Crippen molar-refractivity contribution in [2.75, 3.05) is 0 Å². The van der Waals surface area contributed by atoms with Crippen molar-refractivity contribution < 1.29 is 0 Å². The molecule has 0 radical (unpaired) electrons. The summed E-state index contributed by atoms with van der Waals surface area (Å²) in [6.45, 7) is 15.4. The van der Waals surface area contributed by atoms with Crippen LogP contribution in [0.25, 0.3) is 18.2 Å². The zero-order valence-electron chi connectivity index (χ0n) is 22.3. The number of hydrogen-bond donors (Lipinski definition) is 2. The molecule has 0 unspecified atom stereocenters. The molecule has 3 aromatic heterocycles. The zero-order valence-corrected chi connectivity index (χ0v) is 22.3. The van der Waals surface area contributed by atoms with Crippen LogP contribution in [0.3, 0.4) is 0 Å². The topological polar surface area (TPSA) is 56.8 Å². The summed E-state index contributed by atoms with van der Waals surface area (Å²) in [5.74, 6) is 0. The van der Waals surface area contributed by atoms with Crippen molar-refractivity contribution in [1.82, 2.24) is 15.0 Å². The van der Waals surface area contributed by atoms with Gasteiger partial charge in [-0.05, 0) is 110 Å². The Bertz CT molecular complexity index is 1440. The van der Waals surface area contributed by atoms with E-state index in [9.17, 15) is 0 Å². The molecule has 0 bridgehead atoms. The fourth-order valence-electron chi connectivity index (χ4n) is 5.18. The van der Waals surface area contributed by atoms with Crippen LogP contribution in [0.1, 0.15) is 79.9 Å². The predicted molar refractivity (Wildman–Crippen MR) is 149 cm³/mol. The maximum absolute atomic E-state index is 5.17. The second-order valence-corrected chi connectivity index (χ2v) is 9.26. The van der Waals surface area contributed by atoms with Crippen LogP contribution in [0.2, 0.25) is 0 Å². The summed E-state index contributed by atoms with van der Waals surface area (Å²) in [4.78, 5) is 16.9. The third-order valence-electron chi connectivity index (χ3n) is 7.31. The number of nitrogens with one attached hydrogen (secondary N) is 2. The highest BCUT2D eigenvalue weighted by Gasteiger charge is 2.21. The smallest absolute Gasteiger partial charge is 0.0693 e. The number of aromatic amines is 2. The van der Waals surface area contributed by atoms with E-state index >= 15 is 0 Å². The molecule has 0 spiro atoms. The molecule has 35 heavy (non-hydrogen) atoms. The normalized spacial score (nSPS) is 16.2. The molecular weight excluding hydrogens is 428 g/mol. The Hall–Kier alpha value is -3.40. The summed E-state index contributed by atoms with van der Waals surface area (Å²) in [6.07, 6.45) is 12.4. The van der Waals surface area contributed by atoms with Crippen LogP contribution >= 0.6 is 0 Å². The molecule has 4 heteroatoms. The van der Waals surface area contributed by atoms with Gasteiger partial charge in [-0.15, -0.1) is 0 Å². The molecule has 3 aromatic rings. The third kappa shape index (κ3) is 4.75. The molecule has 4 nitrogen and oxygen atoms in total. The first kappa shape index (κ1) is 24.7. The number of hydrogen-bond acceptors (Lipinski definition) is 2. The number of aryl methyl sites for hydroxylation is 1. The van der Waals surface area contributed by atoms with Gasteiger partial charge in [-0.3, -0.25) is 4.98 Å². The average molecular weight is 467 g/mol. The van der Waals surface area contributed by atoms with E-state index in [0.29, 0.717) is 0 Å². The lowest BCUT2D eigenvalue weighted by Crippen LogP contribution is -2.15. The van der Waals surface area contributed by atoms with Gasteiger partial charge in [0, 0.05) is 28.3 Å². The second-order valence-electron chi connectivity index (χ2n) is 9.26. The first-order valence-electron chi connectivity index (χ1n) is 12.9. The Morgan fingerprint density at radius 2 is 1.43 bits per heavy atom. The average Bonchev–Trinajstić information content (AvgIpc) is 3.46.